The Hall–Kier alpha value is -1.02. The molecule has 26 atom stereocenters. The van der Waals surface area contributed by atoms with Crippen molar-refractivity contribution in [1.82, 2.24) is 0 Å². The summed E-state index contributed by atoms with van der Waals surface area (Å²) in [6.07, 6.45) is -15.0. The molecule has 3 saturated heterocycles. The van der Waals surface area contributed by atoms with E-state index in [-0.39, 0.29) is 41.1 Å². The van der Waals surface area contributed by atoms with Crippen LogP contribution in [-0.2, 0) is 28.4 Å². The quantitative estimate of drug-likeness (QED) is 0.0774. The molecule has 3 heterocycles. The molecule has 26 unspecified atom stereocenters. The minimum absolute atomic E-state index is 0.0515. The number of aliphatic hydroxyl groups is 13. The summed E-state index contributed by atoms with van der Waals surface area (Å²) in [5, 5.41) is 136. The summed E-state index contributed by atoms with van der Waals surface area (Å²) in [4.78, 5) is 0. The van der Waals surface area contributed by atoms with E-state index in [2.05, 4.69) is 19.9 Å². The summed E-state index contributed by atoms with van der Waals surface area (Å²) < 4.78 is 35.1. The van der Waals surface area contributed by atoms with Crippen LogP contribution < -0.4 is 0 Å². The van der Waals surface area contributed by atoms with Gasteiger partial charge in [-0.1, -0.05) is 39.3 Å². The fourth-order valence-corrected chi connectivity index (χ4v) is 13.1. The highest BCUT2D eigenvalue weighted by Crippen LogP contribution is 2.67. The first-order chi connectivity index (χ1) is 30.3. The molecule has 3 saturated carbocycles. The molecule has 0 aromatic rings. The maximum atomic E-state index is 11.8. The molecule has 0 aromatic carbocycles. The first kappa shape index (κ1) is 50.8. The Morgan fingerprint density at radius 1 is 0.672 bits per heavy atom. The van der Waals surface area contributed by atoms with E-state index < -0.39 is 130 Å². The summed E-state index contributed by atoms with van der Waals surface area (Å²) in [5.41, 5.74) is 0.914. The first-order valence-corrected chi connectivity index (χ1v) is 23.5. The predicted molar refractivity (Wildman–Crippen MR) is 221 cm³/mol. The van der Waals surface area contributed by atoms with Gasteiger partial charge in [0.05, 0.1) is 44.7 Å². The molecule has 0 radical (unpaired) electrons. The van der Waals surface area contributed by atoms with Crippen molar-refractivity contribution in [2.45, 2.75) is 196 Å². The average molecular weight is 921 g/mol. The number of rotatable bonds is 15. The van der Waals surface area contributed by atoms with E-state index in [0.717, 1.165) is 25.7 Å². The van der Waals surface area contributed by atoms with E-state index in [1.54, 1.807) is 0 Å². The largest absolute Gasteiger partial charge is 0.394 e. The van der Waals surface area contributed by atoms with Crippen LogP contribution in [0.2, 0.25) is 0 Å². The van der Waals surface area contributed by atoms with E-state index in [4.69, 9.17) is 28.4 Å². The van der Waals surface area contributed by atoms with Gasteiger partial charge in [-0.3, -0.25) is 0 Å². The SMILES string of the molecule is CC(CCC(O)C(C)C1C(O)CC2C3CC=C4CC(OC5OC(CO)C(O)C(O)C5OC5OC(CO)C(O)C(O)C5O)CCC4(C)C3CCC21C)COC1OC(CO)C(O)C(O)C1O. The summed E-state index contributed by atoms with van der Waals surface area (Å²) in [7, 11) is 0. The molecule has 4 aliphatic carbocycles. The lowest BCUT2D eigenvalue weighted by molar-refractivity contribution is -0.372. The molecule has 13 N–H and O–H groups in total. The maximum absolute atomic E-state index is 11.8. The van der Waals surface area contributed by atoms with Crippen molar-refractivity contribution in [1.29, 1.82) is 0 Å². The molecule has 370 valence electrons. The van der Waals surface area contributed by atoms with Gasteiger partial charge in [0, 0.05) is 0 Å². The van der Waals surface area contributed by atoms with E-state index in [1.807, 2.05) is 13.8 Å². The minimum Gasteiger partial charge on any atom is -0.394 e. The molecule has 6 fully saturated rings. The number of aliphatic hydroxyl groups excluding tert-OH is 13. The molecule has 0 spiro atoms. The zero-order valence-corrected chi connectivity index (χ0v) is 37.4. The highest BCUT2D eigenvalue weighted by Gasteiger charge is 2.62. The van der Waals surface area contributed by atoms with E-state index in [1.165, 1.54) is 5.57 Å². The van der Waals surface area contributed by atoms with Crippen LogP contribution in [0.25, 0.3) is 0 Å². The third-order valence-corrected chi connectivity index (χ3v) is 17.0. The summed E-state index contributed by atoms with van der Waals surface area (Å²) in [6, 6.07) is 0. The Bertz CT molecular complexity index is 1550. The third kappa shape index (κ3) is 9.50. The zero-order chi connectivity index (χ0) is 46.6. The standard InChI is InChI=1S/C45H76O19/c1-19(18-59-41-38(57)35(54)32(51)28(15-46)61-41)5-8-26(49)20(2)31-27(50)14-25-23-7-6-21-13-22(9-11-44(21,3)24(23)10-12-45(25,31)4)60-43-40(37(56)34(53)30(17-48)63-43)64-42-39(58)36(55)33(52)29(16-47)62-42/h6,19-20,22-43,46-58H,5,7-18H2,1-4H3. The Kier molecular flexibility index (Phi) is 16.3. The fourth-order valence-electron chi connectivity index (χ4n) is 13.1. The second kappa shape index (κ2) is 20.5. The van der Waals surface area contributed by atoms with E-state index >= 15 is 0 Å². The maximum Gasteiger partial charge on any atom is 0.187 e. The number of fused-ring (bicyclic) bond motifs is 5. The second-order valence-corrected chi connectivity index (χ2v) is 20.8. The highest BCUT2D eigenvalue weighted by atomic mass is 16.8. The van der Waals surface area contributed by atoms with Gasteiger partial charge in [-0.2, -0.15) is 0 Å². The van der Waals surface area contributed by atoms with E-state index in [0.29, 0.717) is 43.9 Å². The van der Waals surface area contributed by atoms with Crippen LogP contribution in [0, 0.1) is 46.3 Å². The molecule has 7 rings (SSSR count). The molecule has 0 bridgehead atoms. The first-order valence-electron chi connectivity index (χ1n) is 23.5. The molecular formula is C45H76O19. The lowest BCUT2D eigenvalue weighted by Gasteiger charge is -2.58. The summed E-state index contributed by atoms with van der Waals surface area (Å²) >= 11 is 0. The molecule has 0 aromatic heterocycles. The Morgan fingerprint density at radius 2 is 1.25 bits per heavy atom. The molecule has 3 aliphatic heterocycles. The van der Waals surface area contributed by atoms with Crippen LogP contribution in [0.3, 0.4) is 0 Å². The zero-order valence-electron chi connectivity index (χ0n) is 37.4. The van der Waals surface area contributed by atoms with Gasteiger partial charge in [0.15, 0.2) is 18.9 Å². The smallest absolute Gasteiger partial charge is 0.187 e. The summed E-state index contributed by atoms with van der Waals surface area (Å²) in [6.45, 7) is 6.89. The predicted octanol–water partition coefficient (Wildman–Crippen LogP) is -2.22. The lowest BCUT2D eigenvalue weighted by Crippen LogP contribution is -2.65. The average Bonchev–Trinajstić information content (AvgIpc) is 3.55. The van der Waals surface area contributed by atoms with Gasteiger partial charge < -0.3 is 94.8 Å². The van der Waals surface area contributed by atoms with Crippen LogP contribution in [0.4, 0.5) is 0 Å². The number of ether oxygens (including phenoxy) is 6. The van der Waals surface area contributed by atoms with Gasteiger partial charge in [-0.25, -0.2) is 0 Å². The Morgan fingerprint density at radius 3 is 1.88 bits per heavy atom. The van der Waals surface area contributed by atoms with Crippen molar-refractivity contribution >= 4 is 0 Å². The molecule has 19 nitrogen and oxygen atoms in total. The fraction of sp³-hybridized carbons (Fsp3) is 0.956. The van der Waals surface area contributed by atoms with Gasteiger partial charge in [0.1, 0.15) is 73.2 Å². The van der Waals surface area contributed by atoms with Crippen molar-refractivity contribution in [3.05, 3.63) is 11.6 Å². The lowest BCUT2D eigenvalue weighted by atomic mass is 9.47. The topological polar surface area (TPSA) is 318 Å². The molecule has 19 heteroatoms. The van der Waals surface area contributed by atoms with Crippen molar-refractivity contribution in [3.8, 4) is 0 Å². The van der Waals surface area contributed by atoms with Gasteiger partial charge in [0.25, 0.3) is 0 Å². The highest BCUT2D eigenvalue weighted by molar-refractivity contribution is 5.26. The third-order valence-electron chi connectivity index (χ3n) is 17.0. The molecular weight excluding hydrogens is 844 g/mol. The minimum atomic E-state index is -1.77. The van der Waals surface area contributed by atoms with Crippen molar-refractivity contribution < 1.29 is 94.8 Å². The van der Waals surface area contributed by atoms with Crippen molar-refractivity contribution in [2.24, 2.45) is 46.3 Å². The van der Waals surface area contributed by atoms with Crippen LogP contribution in [0.15, 0.2) is 11.6 Å². The number of hydrogen-bond donors (Lipinski definition) is 13. The monoisotopic (exact) mass is 920 g/mol. The van der Waals surface area contributed by atoms with Crippen molar-refractivity contribution in [3.63, 3.8) is 0 Å². The Balaban J connectivity index is 0.964. The van der Waals surface area contributed by atoms with Crippen LogP contribution >= 0.6 is 0 Å². The van der Waals surface area contributed by atoms with Crippen LogP contribution in [0.5, 0.6) is 0 Å². The van der Waals surface area contributed by atoms with Crippen LogP contribution in [0.1, 0.15) is 85.5 Å². The molecule has 0 amide bonds. The number of allylic oxidation sites excluding steroid dienone is 1. The molecule has 7 aliphatic rings. The Labute approximate surface area is 374 Å². The van der Waals surface area contributed by atoms with Gasteiger partial charge in [-0.15, -0.1) is 0 Å². The summed E-state index contributed by atoms with van der Waals surface area (Å²) in [5.74, 6) is 0.582. The van der Waals surface area contributed by atoms with Gasteiger partial charge >= 0.3 is 0 Å². The number of hydrogen-bond acceptors (Lipinski definition) is 19. The van der Waals surface area contributed by atoms with Crippen molar-refractivity contribution in [2.75, 3.05) is 26.4 Å². The van der Waals surface area contributed by atoms with Crippen LogP contribution in [-0.4, -0.2) is 203 Å². The molecule has 64 heavy (non-hydrogen) atoms. The second-order valence-electron chi connectivity index (χ2n) is 20.8. The van der Waals surface area contributed by atoms with Gasteiger partial charge in [0.2, 0.25) is 0 Å². The normalized spacial score (nSPS) is 51.0. The van der Waals surface area contributed by atoms with E-state index in [9.17, 15) is 66.4 Å². The van der Waals surface area contributed by atoms with Gasteiger partial charge in [-0.05, 0) is 104 Å².